The minimum absolute atomic E-state index is 0.00338. The van der Waals surface area contributed by atoms with E-state index in [0.717, 1.165) is 58.8 Å². The number of anilines is 5. The highest BCUT2D eigenvalue weighted by atomic mass is 16.5. The van der Waals surface area contributed by atoms with Crippen molar-refractivity contribution in [2.45, 2.75) is 50.6 Å². The van der Waals surface area contributed by atoms with Crippen LogP contribution in [0.25, 0.3) is 0 Å². The van der Waals surface area contributed by atoms with Crippen LogP contribution in [-0.2, 0) is 30.8 Å². The molecule has 13 nitrogen and oxygen atoms in total. The number of carbonyl (C=O) groups excluding carboxylic acids is 3. The van der Waals surface area contributed by atoms with Crippen LogP contribution in [0.1, 0.15) is 55.8 Å². The van der Waals surface area contributed by atoms with Crippen molar-refractivity contribution in [3.8, 4) is 23.0 Å². The van der Waals surface area contributed by atoms with E-state index in [1.165, 1.54) is 5.56 Å². The molecule has 13 heteroatoms. The molecule has 5 heterocycles. The Balaban J connectivity index is 0.897. The number of primary amides is 1. The van der Waals surface area contributed by atoms with E-state index in [1.807, 2.05) is 76.5 Å². The van der Waals surface area contributed by atoms with Gasteiger partial charge in [-0.25, -0.2) is 0 Å². The number of benzene rings is 5. The Morgan fingerprint density at radius 3 is 2.20 bits per heavy atom. The van der Waals surface area contributed by atoms with Gasteiger partial charge in [0.25, 0.3) is 11.8 Å². The lowest BCUT2D eigenvalue weighted by atomic mass is 10.1. The molecule has 59 heavy (non-hydrogen) atoms. The second kappa shape index (κ2) is 14.2. The predicted molar refractivity (Wildman–Crippen MR) is 224 cm³/mol. The Kier molecular flexibility index (Phi) is 8.77. The van der Waals surface area contributed by atoms with Crippen molar-refractivity contribution < 1.29 is 33.3 Å². The summed E-state index contributed by atoms with van der Waals surface area (Å²) in [7, 11) is 3.14. The number of methoxy groups -OCH3 is 2. The van der Waals surface area contributed by atoms with Crippen molar-refractivity contribution in [1.29, 1.82) is 0 Å². The van der Waals surface area contributed by atoms with Crippen molar-refractivity contribution >= 4 is 46.2 Å². The molecule has 0 bridgehead atoms. The van der Waals surface area contributed by atoms with Gasteiger partial charge >= 0.3 is 0 Å². The van der Waals surface area contributed by atoms with E-state index in [0.29, 0.717) is 59.3 Å². The summed E-state index contributed by atoms with van der Waals surface area (Å²) in [6, 6.07) is 29.5. The molecule has 3 amide bonds. The minimum atomic E-state index is -0.377. The van der Waals surface area contributed by atoms with E-state index >= 15 is 0 Å². The molecule has 0 aliphatic carbocycles. The SMILES string of the molecule is COc1cc2c(cc1OCc1cc(COc3cc4c(cc3OC)C(=O)N3c5ccccc5C[C@@]35CN45)cc(NCCCC(N)=O)c1)NC[C@@H]1Cc3ccccc3N1C2=O. The summed E-state index contributed by atoms with van der Waals surface area (Å²) in [4.78, 5) is 45.5. The average Bonchev–Trinajstić information content (AvgIpc) is 3.73. The highest BCUT2D eigenvalue weighted by Crippen LogP contribution is 2.57. The Hall–Kier alpha value is -6.89. The molecular weight excluding hydrogens is 749 g/mol. The summed E-state index contributed by atoms with van der Waals surface area (Å²) in [5, 5.41) is 6.92. The van der Waals surface area contributed by atoms with E-state index in [4.69, 9.17) is 24.7 Å². The molecule has 0 aromatic heterocycles. The van der Waals surface area contributed by atoms with Crippen LogP contribution in [0.4, 0.5) is 28.4 Å². The van der Waals surface area contributed by atoms with Crippen molar-refractivity contribution in [1.82, 2.24) is 0 Å². The first-order valence-electron chi connectivity index (χ1n) is 19.9. The zero-order chi connectivity index (χ0) is 40.4. The van der Waals surface area contributed by atoms with Crippen LogP contribution in [0.15, 0.2) is 91.0 Å². The molecular formula is C46H44N6O7. The number of nitrogens with zero attached hydrogens (tertiary/aromatic N) is 3. The third-order valence-corrected chi connectivity index (χ3v) is 12.1. The van der Waals surface area contributed by atoms with Crippen LogP contribution in [0.3, 0.4) is 0 Å². The van der Waals surface area contributed by atoms with E-state index in [2.05, 4.69) is 27.7 Å². The van der Waals surface area contributed by atoms with Crippen LogP contribution in [0.5, 0.6) is 23.0 Å². The largest absolute Gasteiger partial charge is 0.493 e. The summed E-state index contributed by atoms with van der Waals surface area (Å²) in [5.74, 6) is 1.48. The molecule has 0 radical (unpaired) electrons. The standard InChI is InChI=1S/C46H44N6O7/c1-56-39-18-33-35(49-23-32-17-29-8-3-5-10-36(29)51(32)44(33)54)20-41(39)58-24-27-14-28(16-31(15-27)48-13-7-12-43(47)53)25-59-42-21-38-34(19-40(42)57-2)45(55)52-37-11-6-4-9-30(37)22-46(52)26-50(38)46/h3-6,8-11,14-16,18-21,32,48-49H,7,12-13,17,22-26H2,1-2H3,(H2,47,53)/t32-,46-,50?/m0/s1. The molecule has 10 rings (SSSR count). The zero-order valence-electron chi connectivity index (χ0n) is 32.9. The molecule has 0 saturated carbocycles. The normalized spacial score (nSPS) is 18.9. The molecule has 1 fully saturated rings. The maximum Gasteiger partial charge on any atom is 0.262 e. The minimum Gasteiger partial charge on any atom is -0.493 e. The quantitative estimate of drug-likeness (QED) is 0.0921. The molecule has 0 unspecified atom stereocenters. The molecule has 1 saturated heterocycles. The smallest absolute Gasteiger partial charge is 0.262 e. The fourth-order valence-electron chi connectivity index (χ4n) is 9.25. The van der Waals surface area contributed by atoms with Crippen molar-refractivity contribution in [2.75, 3.05) is 59.2 Å². The van der Waals surface area contributed by atoms with Gasteiger partial charge in [0.15, 0.2) is 23.0 Å². The Morgan fingerprint density at radius 2 is 1.47 bits per heavy atom. The van der Waals surface area contributed by atoms with Gasteiger partial charge in [0, 0.05) is 55.1 Å². The number of hydrogen-bond acceptors (Lipinski definition) is 10. The van der Waals surface area contributed by atoms with Crippen LogP contribution in [0, 0.1) is 0 Å². The van der Waals surface area contributed by atoms with E-state index in [1.54, 1.807) is 26.4 Å². The van der Waals surface area contributed by atoms with Crippen LogP contribution in [0.2, 0.25) is 0 Å². The lowest BCUT2D eigenvalue weighted by Gasteiger charge is -2.32. The van der Waals surface area contributed by atoms with Gasteiger partial charge in [-0.2, -0.15) is 0 Å². The first kappa shape index (κ1) is 36.5. The average molecular weight is 793 g/mol. The van der Waals surface area contributed by atoms with Crippen molar-refractivity contribution in [3.05, 3.63) is 124 Å². The van der Waals surface area contributed by atoms with Gasteiger partial charge < -0.3 is 45.1 Å². The number of hydrogen-bond donors (Lipinski definition) is 3. The Morgan fingerprint density at radius 1 is 0.797 bits per heavy atom. The van der Waals surface area contributed by atoms with Gasteiger partial charge in [0.2, 0.25) is 5.91 Å². The first-order chi connectivity index (χ1) is 28.7. The fraction of sp³-hybridized carbons (Fsp3) is 0.283. The molecule has 2 atom stereocenters. The topological polar surface area (TPSA) is 148 Å². The van der Waals surface area contributed by atoms with Crippen molar-refractivity contribution in [2.24, 2.45) is 5.73 Å². The number of nitrogens with one attached hydrogen (secondary N) is 2. The van der Waals surface area contributed by atoms with E-state index in [-0.39, 0.29) is 49.1 Å². The summed E-state index contributed by atoms with van der Waals surface area (Å²) in [6.45, 7) is 2.27. The van der Waals surface area contributed by atoms with E-state index in [9.17, 15) is 14.4 Å². The fourth-order valence-corrected chi connectivity index (χ4v) is 9.25. The third-order valence-electron chi connectivity index (χ3n) is 12.1. The molecule has 300 valence electrons. The second-order valence-electron chi connectivity index (χ2n) is 15.7. The van der Waals surface area contributed by atoms with Crippen molar-refractivity contribution in [3.63, 3.8) is 0 Å². The zero-order valence-corrected chi connectivity index (χ0v) is 32.9. The number of fused-ring (bicyclic) bond motifs is 8. The van der Waals surface area contributed by atoms with Gasteiger partial charge in [-0.05, 0) is 77.6 Å². The summed E-state index contributed by atoms with van der Waals surface area (Å²) in [6.07, 6.45) is 2.42. The van der Waals surface area contributed by atoms with E-state index < -0.39 is 0 Å². The maximum atomic E-state index is 14.0. The Labute approximate surface area is 341 Å². The number of ether oxygens (including phenoxy) is 4. The monoisotopic (exact) mass is 792 g/mol. The maximum absolute atomic E-state index is 14.0. The molecule has 5 aliphatic heterocycles. The Bertz CT molecular complexity index is 2560. The van der Waals surface area contributed by atoms with Crippen LogP contribution >= 0.6 is 0 Å². The summed E-state index contributed by atoms with van der Waals surface area (Å²) >= 11 is 0. The summed E-state index contributed by atoms with van der Waals surface area (Å²) < 4.78 is 24.5. The first-order valence-corrected chi connectivity index (χ1v) is 19.9. The number of amides is 3. The number of rotatable bonds is 13. The predicted octanol–water partition coefficient (Wildman–Crippen LogP) is 6.27. The molecule has 1 spiro atoms. The highest BCUT2D eigenvalue weighted by Gasteiger charge is 2.66. The summed E-state index contributed by atoms with van der Waals surface area (Å²) in [5.41, 5.74) is 14.4. The van der Waals surface area contributed by atoms with Gasteiger partial charge in [0.05, 0.1) is 49.3 Å². The third kappa shape index (κ3) is 6.19. The molecule has 5 aromatic rings. The van der Waals surface area contributed by atoms with Gasteiger partial charge in [0.1, 0.15) is 18.9 Å². The second-order valence-corrected chi connectivity index (χ2v) is 15.7. The number of carbonyl (C=O) groups is 3. The molecule has 4 N–H and O–H groups in total. The van der Waals surface area contributed by atoms with Gasteiger partial charge in [-0.3, -0.25) is 19.3 Å². The lowest BCUT2D eigenvalue weighted by Crippen LogP contribution is -2.47. The van der Waals surface area contributed by atoms with Gasteiger partial charge in [-0.15, -0.1) is 0 Å². The lowest BCUT2D eigenvalue weighted by molar-refractivity contribution is -0.118. The number of para-hydroxylation sites is 2. The highest BCUT2D eigenvalue weighted by molar-refractivity contribution is 6.17. The van der Waals surface area contributed by atoms with Gasteiger partial charge in [-0.1, -0.05) is 36.4 Å². The number of nitrogens with two attached hydrogens (primary N) is 1. The molecule has 5 aliphatic rings. The van der Waals surface area contributed by atoms with Crippen LogP contribution < -0.4 is 50.0 Å². The molecule has 5 aromatic carbocycles. The van der Waals surface area contributed by atoms with Crippen LogP contribution in [-0.4, -0.2) is 63.3 Å².